The largest absolute Gasteiger partial charge is 0.352 e. The van der Waals surface area contributed by atoms with Crippen LogP contribution in [-0.2, 0) is 9.47 Å². The van der Waals surface area contributed by atoms with Gasteiger partial charge in [0.2, 0.25) is 0 Å². The zero-order valence-electron chi connectivity index (χ0n) is 10.4. The van der Waals surface area contributed by atoms with Gasteiger partial charge in [-0.05, 0) is 32.1 Å². The number of hydrogen-bond donors (Lipinski definition) is 0. The molecule has 2 nitrogen and oxygen atoms in total. The molecule has 16 heavy (non-hydrogen) atoms. The van der Waals surface area contributed by atoms with E-state index in [4.69, 9.17) is 9.47 Å². The van der Waals surface area contributed by atoms with E-state index in [-0.39, 0.29) is 6.29 Å². The van der Waals surface area contributed by atoms with Crippen LogP contribution in [0.5, 0.6) is 0 Å². The molecule has 0 heterocycles. The SMILES string of the molecule is CCCCOC(CI)OC/C=C(\C)C1CC1. The highest BCUT2D eigenvalue weighted by Gasteiger charge is 2.22. The number of allylic oxidation sites excluding steroid dienone is 1. The summed E-state index contributed by atoms with van der Waals surface area (Å²) in [6.07, 6.45) is 7.20. The van der Waals surface area contributed by atoms with Gasteiger partial charge in [0.1, 0.15) is 0 Å². The molecule has 1 rings (SSSR count). The van der Waals surface area contributed by atoms with Gasteiger partial charge in [0.15, 0.2) is 6.29 Å². The molecular weight excluding hydrogens is 315 g/mol. The summed E-state index contributed by atoms with van der Waals surface area (Å²) in [5, 5.41) is 0. The van der Waals surface area contributed by atoms with E-state index in [1.54, 1.807) is 0 Å². The second-order valence-electron chi connectivity index (χ2n) is 4.36. The van der Waals surface area contributed by atoms with Gasteiger partial charge < -0.3 is 9.47 Å². The number of hydrogen-bond acceptors (Lipinski definition) is 2. The molecule has 0 bridgehead atoms. The van der Waals surface area contributed by atoms with E-state index in [2.05, 4.69) is 42.5 Å². The van der Waals surface area contributed by atoms with E-state index < -0.39 is 0 Å². The molecule has 1 saturated carbocycles. The molecule has 0 aromatic heterocycles. The van der Waals surface area contributed by atoms with Crippen molar-refractivity contribution in [1.29, 1.82) is 0 Å². The van der Waals surface area contributed by atoms with Crippen LogP contribution in [-0.4, -0.2) is 23.9 Å². The van der Waals surface area contributed by atoms with E-state index in [9.17, 15) is 0 Å². The van der Waals surface area contributed by atoms with E-state index in [0.717, 1.165) is 23.4 Å². The van der Waals surface area contributed by atoms with Crippen LogP contribution < -0.4 is 0 Å². The molecule has 1 aliphatic rings. The highest BCUT2D eigenvalue weighted by atomic mass is 127. The number of unbranched alkanes of at least 4 members (excludes halogenated alkanes) is 1. The van der Waals surface area contributed by atoms with E-state index in [1.165, 1.54) is 24.8 Å². The lowest BCUT2D eigenvalue weighted by Gasteiger charge is -2.15. The fourth-order valence-corrected chi connectivity index (χ4v) is 2.00. The molecule has 0 saturated heterocycles. The summed E-state index contributed by atoms with van der Waals surface area (Å²) in [6.45, 7) is 5.89. The molecule has 0 amide bonds. The van der Waals surface area contributed by atoms with Gasteiger partial charge in [-0.25, -0.2) is 0 Å². The van der Waals surface area contributed by atoms with Crippen LogP contribution in [0.4, 0.5) is 0 Å². The molecule has 0 radical (unpaired) electrons. The molecule has 3 heteroatoms. The Morgan fingerprint density at radius 3 is 2.75 bits per heavy atom. The van der Waals surface area contributed by atoms with E-state index in [0.29, 0.717) is 6.61 Å². The molecule has 1 unspecified atom stereocenters. The topological polar surface area (TPSA) is 18.5 Å². The second kappa shape index (κ2) is 8.48. The molecule has 1 fully saturated rings. The maximum atomic E-state index is 5.68. The first-order valence-corrected chi connectivity index (χ1v) is 7.76. The zero-order chi connectivity index (χ0) is 11.8. The molecule has 1 aliphatic carbocycles. The Morgan fingerprint density at radius 2 is 2.19 bits per heavy atom. The lowest BCUT2D eigenvalue weighted by Crippen LogP contribution is -2.19. The summed E-state index contributed by atoms with van der Waals surface area (Å²) in [5.74, 6) is 0.850. The molecule has 0 spiro atoms. The predicted molar refractivity (Wildman–Crippen MR) is 76.0 cm³/mol. The monoisotopic (exact) mass is 338 g/mol. The molecule has 94 valence electrons. The first-order chi connectivity index (χ1) is 7.77. The first-order valence-electron chi connectivity index (χ1n) is 6.23. The van der Waals surface area contributed by atoms with Gasteiger partial charge in [0, 0.05) is 6.61 Å². The summed E-state index contributed by atoms with van der Waals surface area (Å²) in [7, 11) is 0. The first kappa shape index (κ1) is 14.5. The molecule has 0 aromatic carbocycles. The van der Waals surface area contributed by atoms with E-state index >= 15 is 0 Å². The Bertz CT molecular complexity index is 212. The molecular formula is C13H23IO2. The van der Waals surface area contributed by atoms with Crippen molar-refractivity contribution in [1.82, 2.24) is 0 Å². The third kappa shape index (κ3) is 6.21. The van der Waals surface area contributed by atoms with Gasteiger partial charge >= 0.3 is 0 Å². The molecule has 0 aliphatic heterocycles. The van der Waals surface area contributed by atoms with E-state index in [1.807, 2.05) is 0 Å². The summed E-state index contributed by atoms with van der Waals surface area (Å²) < 4.78 is 12.2. The summed E-state index contributed by atoms with van der Waals surface area (Å²) in [6, 6.07) is 0. The van der Waals surface area contributed by atoms with Crippen LogP contribution in [0.2, 0.25) is 0 Å². The maximum absolute atomic E-state index is 5.68. The van der Waals surface area contributed by atoms with Gasteiger partial charge in [-0.15, -0.1) is 0 Å². The average molecular weight is 338 g/mol. The van der Waals surface area contributed by atoms with Crippen LogP contribution in [0.15, 0.2) is 11.6 Å². The van der Waals surface area contributed by atoms with Crippen LogP contribution >= 0.6 is 22.6 Å². The van der Waals surface area contributed by atoms with Crippen LogP contribution in [0.3, 0.4) is 0 Å². The van der Waals surface area contributed by atoms with Crippen molar-refractivity contribution < 1.29 is 9.47 Å². The van der Waals surface area contributed by atoms with Crippen molar-refractivity contribution in [2.45, 2.75) is 45.8 Å². The third-order valence-corrected chi connectivity index (χ3v) is 3.56. The van der Waals surface area contributed by atoms with Gasteiger partial charge in [-0.2, -0.15) is 0 Å². The van der Waals surface area contributed by atoms with Crippen LogP contribution in [0.1, 0.15) is 39.5 Å². The predicted octanol–water partition coefficient (Wildman–Crippen LogP) is 3.94. The van der Waals surface area contributed by atoms with Crippen molar-refractivity contribution >= 4 is 22.6 Å². The van der Waals surface area contributed by atoms with Crippen molar-refractivity contribution in [3.8, 4) is 0 Å². The lowest BCUT2D eigenvalue weighted by molar-refractivity contribution is -0.118. The Hall–Kier alpha value is 0.390. The molecule has 0 aromatic rings. The fourth-order valence-electron chi connectivity index (χ4n) is 1.49. The van der Waals surface area contributed by atoms with Crippen molar-refractivity contribution in [2.24, 2.45) is 5.92 Å². The summed E-state index contributed by atoms with van der Waals surface area (Å²) in [5.41, 5.74) is 1.49. The Morgan fingerprint density at radius 1 is 1.44 bits per heavy atom. The highest BCUT2D eigenvalue weighted by Crippen LogP contribution is 2.35. The normalized spacial score (nSPS) is 18.8. The quantitative estimate of drug-likeness (QED) is 0.208. The van der Waals surface area contributed by atoms with Gasteiger partial charge in [-0.3, -0.25) is 0 Å². The van der Waals surface area contributed by atoms with Crippen molar-refractivity contribution in [3.63, 3.8) is 0 Å². The van der Waals surface area contributed by atoms with Crippen LogP contribution in [0.25, 0.3) is 0 Å². The summed E-state index contributed by atoms with van der Waals surface area (Å²) in [4.78, 5) is 0. The standard InChI is InChI=1S/C13H23IO2/c1-3-4-8-15-13(10-14)16-9-7-11(2)12-5-6-12/h7,12-13H,3-6,8-10H2,1-2H3/b11-7+. The maximum Gasteiger partial charge on any atom is 0.166 e. The van der Waals surface area contributed by atoms with Gasteiger partial charge in [-0.1, -0.05) is 47.6 Å². The summed E-state index contributed by atoms with van der Waals surface area (Å²) >= 11 is 2.31. The number of rotatable bonds is 9. The minimum atomic E-state index is -0.0320. The number of alkyl halides is 1. The minimum absolute atomic E-state index is 0.0320. The van der Waals surface area contributed by atoms with Crippen LogP contribution in [0, 0.1) is 5.92 Å². The molecule has 1 atom stereocenters. The minimum Gasteiger partial charge on any atom is -0.352 e. The van der Waals surface area contributed by atoms with Gasteiger partial charge in [0.25, 0.3) is 0 Å². The Balaban J connectivity index is 2.09. The zero-order valence-corrected chi connectivity index (χ0v) is 12.5. The van der Waals surface area contributed by atoms with Crippen molar-refractivity contribution in [3.05, 3.63) is 11.6 Å². The smallest absolute Gasteiger partial charge is 0.166 e. The fraction of sp³-hybridized carbons (Fsp3) is 0.846. The second-order valence-corrected chi connectivity index (χ2v) is 5.24. The number of ether oxygens (including phenoxy) is 2. The van der Waals surface area contributed by atoms with Crippen molar-refractivity contribution in [2.75, 3.05) is 17.6 Å². The number of halogens is 1. The molecule has 0 N–H and O–H groups in total. The van der Waals surface area contributed by atoms with Gasteiger partial charge in [0.05, 0.1) is 11.0 Å². The highest BCUT2D eigenvalue weighted by molar-refractivity contribution is 14.1. The average Bonchev–Trinajstić information content (AvgIpc) is 3.10. The lowest BCUT2D eigenvalue weighted by atomic mass is 10.2. The Labute approximate surface area is 113 Å². The third-order valence-electron chi connectivity index (χ3n) is 2.84. The Kier molecular flexibility index (Phi) is 7.66.